The molecular weight excluding hydrogens is 245 g/mol. The molecule has 0 N–H and O–H groups in total. The number of halogens is 3. The first-order valence-corrected chi connectivity index (χ1v) is 9.07. The summed E-state index contributed by atoms with van der Waals surface area (Å²) >= 11 is 0. The lowest BCUT2D eigenvalue weighted by Crippen LogP contribution is -2.40. The van der Waals surface area contributed by atoms with E-state index in [1.165, 1.54) is 0 Å². The van der Waals surface area contributed by atoms with Crippen LogP contribution in [0.5, 0.6) is 0 Å². The molecule has 0 saturated heterocycles. The predicted molar refractivity (Wildman–Crippen MR) is 67.7 cm³/mol. The van der Waals surface area contributed by atoms with E-state index in [2.05, 4.69) is 33.9 Å². The molecule has 0 atom stereocenters. The van der Waals surface area contributed by atoms with Crippen LogP contribution in [-0.2, 0) is 4.43 Å². The minimum atomic E-state index is -4.01. The largest absolute Gasteiger partial charge is 0.417 e. The molecule has 0 heterocycles. The van der Waals surface area contributed by atoms with E-state index in [0.717, 1.165) is 6.42 Å². The Kier molecular flexibility index (Phi) is 6.21. The fourth-order valence-corrected chi connectivity index (χ4v) is 2.24. The van der Waals surface area contributed by atoms with Crippen LogP contribution in [0.2, 0.25) is 18.1 Å². The van der Waals surface area contributed by atoms with Gasteiger partial charge in [0, 0.05) is 13.0 Å². The SMILES string of the molecule is CC(C)(C)[Si](C)(C)OCCCCCC(F)(F)F. The molecule has 0 aromatic rings. The number of hydrogen-bond acceptors (Lipinski definition) is 1. The maximum atomic E-state index is 11.9. The van der Waals surface area contributed by atoms with Crippen LogP contribution >= 0.6 is 0 Å². The minimum absolute atomic E-state index is 0.166. The van der Waals surface area contributed by atoms with Gasteiger partial charge in [0.25, 0.3) is 0 Å². The van der Waals surface area contributed by atoms with Crippen molar-refractivity contribution < 1.29 is 17.6 Å². The van der Waals surface area contributed by atoms with Crippen molar-refractivity contribution in [3.05, 3.63) is 0 Å². The van der Waals surface area contributed by atoms with Gasteiger partial charge >= 0.3 is 6.18 Å². The third-order valence-electron chi connectivity index (χ3n) is 3.37. The van der Waals surface area contributed by atoms with Crippen LogP contribution in [0.4, 0.5) is 13.2 Å². The van der Waals surface area contributed by atoms with Crippen LogP contribution in [-0.4, -0.2) is 21.1 Å². The Hall–Kier alpha value is -0.0331. The van der Waals surface area contributed by atoms with E-state index in [-0.39, 0.29) is 11.5 Å². The third-order valence-corrected chi connectivity index (χ3v) is 7.91. The van der Waals surface area contributed by atoms with Crippen molar-refractivity contribution in [1.29, 1.82) is 0 Å². The Balaban J connectivity index is 3.66. The topological polar surface area (TPSA) is 9.23 Å². The van der Waals surface area contributed by atoms with E-state index in [1.54, 1.807) is 0 Å². The van der Waals surface area contributed by atoms with Gasteiger partial charge < -0.3 is 4.43 Å². The van der Waals surface area contributed by atoms with Crippen LogP contribution in [0.15, 0.2) is 0 Å². The highest BCUT2D eigenvalue weighted by Crippen LogP contribution is 2.36. The molecule has 0 rings (SSSR count). The Morgan fingerprint density at radius 2 is 1.47 bits per heavy atom. The number of rotatable bonds is 6. The lowest BCUT2D eigenvalue weighted by molar-refractivity contribution is -0.135. The molecule has 1 nitrogen and oxygen atoms in total. The van der Waals surface area contributed by atoms with Gasteiger partial charge in [-0.25, -0.2) is 0 Å². The van der Waals surface area contributed by atoms with Crippen LogP contribution in [0.1, 0.15) is 46.5 Å². The molecule has 0 aliphatic heterocycles. The lowest BCUT2D eigenvalue weighted by Gasteiger charge is -2.36. The van der Waals surface area contributed by atoms with E-state index in [9.17, 15) is 13.2 Å². The highest BCUT2D eigenvalue weighted by Gasteiger charge is 2.36. The van der Waals surface area contributed by atoms with Gasteiger partial charge in [0.1, 0.15) is 0 Å². The molecule has 0 aromatic carbocycles. The van der Waals surface area contributed by atoms with Crippen LogP contribution in [0, 0.1) is 0 Å². The quantitative estimate of drug-likeness (QED) is 0.480. The van der Waals surface area contributed by atoms with Crippen molar-refractivity contribution in [3.8, 4) is 0 Å². The Bertz CT molecular complexity index is 219. The molecule has 17 heavy (non-hydrogen) atoms. The molecule has 0 spiro atoms. The fourth-order valence-electron chi connectivity index (χ4n) is 1.15. The van der Waals surface area contributed by atoms with Crippen LogP contribution in [0.25, 0.3) is 0 Å². The van der Waals surface area contributed by atoms with Gasteiger partial charge in [0.2, 0.25) is 0 Å². The molecule has 0 aliphatic carbocycles. The summed E-state index contributed by atoms with van der Waals surface area (Å²) in [4.78, 5) is 0. The maximum Gasteiger partial charge on any atom is 0.389 e. The second-order valence-corrected chi connectivity index (χ2v) is 10.8. The number of hydrogen-bond donors (Lipinski definition) is 0. The van der Waals surface area contributed by atoms with Crippen molar-refractivity contribution in [3.63, 3.8) is 0 Å². The Morgan fingerprint density at radius 3 is 1.88 bits per heavy atom. The van der Waals surface area contributed by atoms with E-state index in [4.69, 9.17) is 4.43 Å². The maximum absolute atomic E-state index is 11.9. The van der Waals surface area contributed by atoms with Crippen molar-refractivity contribution >= 4 is 8.32 Å². The molecule has 5 heteroatoms. The molecule has 0 fully saturated rings. The average Bonchev–Trinajstić information content (AvgIpc) is 2.07. The van der Waals surface area contributed by atoms with Gasteiger partial charge in [-0.15, -0.1) is 0 Å². The second kappa shape index (κ2) is 6.23. The second-order valence-electron chi connectivity index (χ2n) is 6.03. The zero-order chi connectivity index (χ0) is 13.7. The molecule has 0 aromatic heterocycles. The van der Waals surface area contributed by atoms with Crippen molar-refractivity contribution in [2.24, 2.45) is 0 Å². The standard InChI is InChI=1S/C12H25F3OSi/c1-11(2,3)17(4,5)16-10-8-6-7-9-12(13,14)15/h6-10H2,1-5H3. The molecule has 0 aliphatic rings. The van der Waals surface area contributed by atoms with Crippen molar-refractivity contribution in [2.45, 2.75) is 70.8 Å². The lowest BCUT2D eigenvalue weighted by atomic mass is 10.2. The van der Waals surface area contributed by atoms with Crippen LogP contribution in [0.3, 0.4) is 0 Å². The van der Waals surface area contributed by atoms with E-state index in [1.807, 2.05) is 0 Å². The van der Waals surface area contributed by atoms with Gasteiger partial charge in [-0.2, -0.15) is 13.2 Å². The van der Waals surface area contributed by atoms with Crippen molar-refractivity contribution in [1.82, 2.24) is 0 Å². The van der Waals surface area contributed by atoms with Gasteiger partial charge in [-0.3, -0.25) is 0 Å². The summed E-state index contributed by atoms with van der Waals surface area (Å²) in [7, 11) is -1.72. The van der Waals surface area contributed by atoms with Gasteiger partial charge in [-0.05, 0) is 31.0 Å². The summed E-state index contributed by atoms with van der Waals surface area (Å²) in [5.74, 6) is 0. The first-order chi connectivity index (χ1) is 7.46. The Morgan fingerprint density at radius 1 is 0.941 bits per heavy atom. The molecule has 0 radical (unpaired) electrons. The molecule has 0 amide bonds. The van der Waals surface area contributed by atoms with Crippen molar-refractivity contribution in [2.75, 3.05) is 6.61 Å². The zero-order valence-electron chi connectivity index (χ0n) is 11.6. The first kappa shape index (κ1) is 17.0. The first-order valence-electron chi connectivity index (χ1n) is 6.16. The molecule has 104 valence electrons. The summed E-state index contributed by atoms with van der Waals surface area (Å²) < 4.78 is 41.5. The minimum Gasteiger partial charge on any atom is -0.417 e. The fraction of sp³-hybridized carbons (Fsp3) is 1.00. The normalized spacial score (nSPS) is 14.1. The van der Waals surface area contributed by atoms with Gasteiger partial charge in [0.05, 0.1) is 0 Å². The summed E-state index contributed by atoms with van der Waals surface area (Å²) in [5, 5.41) is 0.166. The highest BCUT2D eigenvalue weighted by molar-refractivity contribution is 6.74. The summed E-state index contributed by atoms with van der Waals surface area (Å²) in [6.07, 6.45) is -3.16. The van der Waals surface area contributed by atoms with Crippen LogP contribution < -0.4 is 0 Å². The highest BCUT2D eigenvalue weighted by atomic mass is 28.4. The number of alkyl halides is 3. The van der Waals surface area contributed by atoms with E-state index in [0.29, 0.717) is 13.0 Å². The molecular formula is C12H25F3OSi. The zero-order valence-corrected chi connectivity index (χ0v) is 12.6. The molecule has 0 unspecified atom stereocenters. The van der Waals surface area contributed by atoms with E-state index >= 15 is 0 Å². The number of unbranched alkanes of at least 4 members (excludes halogenated alkanes) is 2. The smallest absolute Gasteiger partial charge is 0.389 e. The summed E-state index contributed by atoms with van der Waals surface area (Å²) in [6.45, 7) is 11.4. The monoisotopic (exact) mass is 270 g/mol. The van der Waals surface area contributed by atoms with E-state index < -0.39 is 20.9 Å². The van der Waals surface area contributed by atoms with Gasteiger partial charge in [0.15, 0.2) is 8.32 Å². The third kappa shape index (κ3) is 7.81. The average molecular weight is 270 g/mol. The summed E-state index contributed by atoms with van der Waals surface area (Å²) in [6, 6.07) is 0. The predicted octanol–water partition coefficient (Wildman–Crippen LogP) is 5.13. The Labute approximate surface area is 104 Å². The molecule has 0 saturated carbocycles. The molecule has 0 bridgehead atoms. The van der Waals surface area contributed by atoms with Gasteiger partial charge in [-0.1, -0.05) is 27.2 Å². The summed E-state index contributed by atoms with van der Waals surface area (Å²) in [5.41, 5.74) is 0.